The molecule has 1 saturated heterocycles. The first-order valence-electron chi connectivity index (χ1n) is 11.8. The van der Waals surface area contributed by atoms with Crippen LogP contribution in [0.1, 0.15) is 60.6 Å². The molecule has 1 aromatic carbocycles. The summed E-state index contributed by atoms with van der Waals surface area (Å²) < 4.78 is 6.45. The van der Waals surface area contributed by atoms with Gasteiger partial charge in [0.15, 0.2) is 5.69 Å². The molecule has 1 aliphatic carbocycles. The van der Waals surface area contributed by atoms with Crippen LogP contribution in [-0.4, -0.2) is 64.6 Å². The number of ether oxygens (including phenoxy) is 1. The van der Waals surface area contributed by atoms with Crippen LogP contribution in [0, 0.1) is 5.92 Å². The van der Waals surface area contributed by atoms with Crippen LogP contribution >= 0.6 is 11.6 Å². The minimum absolute atomic E-state index is 0.0109. The first-order valence-corrected chi connectivity index (χ1v) is 12.2. The van der Waals surface area contributed by atoms with Gasteiger partial charge in [-0.1, -0.05) is 48.2 Å². The van der Waals surface area contributed by atoms with Gasteiger partial charge < -0.3 is 10.1 Å². The van der Waals surface area contributed by atoms with Gasteiger partial charge in [-0.25, -0.2) is 9.48 Å². The number of rotatable bonds is 8. The monoisotopic (exact) mass is 473 g/mol. The van der Waals surface area contributed by atoms with E-state index < -0.39 is 5.97 Å². The molecule has 2 fully saturated rings. The quantitative estimate of drug-likeness (QED) is 0.592. The molecular formula is C24H32ClN5O3. The van der Waals surface area contributed by atoms with Crippen molar-refractivity contribution in [1.29, 1.82) is 0 Å². The average molecular weight is 474 g/mol. The van der Waals surface area contributed by atoms with E-state index in [9.17, 15) is 9.59 Å². The highest BCUT2D eigenvalue weighted by atomic mass is 35.5. The molecule has 2 aromatic rings. The van der Waals surface area contributed by atoms with Gasteiger partial charge in [-0.3, -0.25) is 9.69 Å². The summed E-state index contributed by atoms with van der Waals surface area (Å²) in [6.07, 6.45) is 9.28. The fourth-order valence-corrected chi connectivity index (χ4v) is 5.25. The zero-order chi connectivity index (χ0) is 23.2. The Hall–Kier alpha value is -2.45. The van der Waals surface area contributed by atoms with Crippen LogP contribution in [0.3, 0.4) is 0 Å². The summed E-state index contributed by atoms with van der Waals surface area (Å²) in [5, 5.41) is 11.9. The van der Waals surface area contributed by atoms with Crippen molar-refractivity contribution in [2.45, 2.75) is 57.0 Å². The molecule has 9 heteroatoms. The van der Waals surface area contributed by atoms with Crippen molar-refractivity contribution in [3.8, 4) is 0 Å². The fourth-order valence-electron chi connectivity index (χ4n) is 5.04. The lowest BCUT2D eigenvalue weighted by Crippen LogP contribution is -2.45. The molecule has 178 valence electrons. The van der Waals surface area contributed by atoms with E-state index >= 15 is 0 Å². The maximum absolute atomic E-state index is 13.2. The topological polar surface area (TPSA) is 89.4 Å². The number of carbonyl (C=O) groups excluding carboxylic acids is 2. The van der Waals surface area contributed by atoms with E-state index in [4.69, 9.17) is 16.3 Å². The van der Waals surface area contributed by atoms with Gasteiger partial charge in [0.25, 0.3) is 0 Å². The van der Waals surface area contributed by atoms with Gasteiger partial charge in [-0.15, -0.1) is 5.10 Å². The lowest BCUT2D eigenvalue weighted by atomic mass is 9.89. The summed E-state index contributed by atoms with van der Waals surface area (Å²) in [7, 11) is 1.33. The van der Waals surface area contributed by atoms with Crippen molar-refractivity contribution < 1.29 is 14.3 Å². The van der Waals surface area contributed by atoms with Crippen LogP contribution in [-0.2, 0) is 16.0 Å². The summed E-state index contributed by atoms with van der Waals surface area (Å²) in [6.45, 7) is 2.20. The summed E-state index contributed by atoms with van der Waals surface area (Å²) in [6, 6.07) is 7.49. The number of aromatic nitrogens is 3. The van der Waals surface area contributed by atoms with Crippen LogP contribution in [0.25, 0.3) is 0 Å². The Bertz CT molecular complexity index is 959. The Kier molecular flexibility index (Phi) is 7.98. The molecule has 0 unspecified atom stereocenters. The number of nitrogens with one attached hydrogen (secondary N) is 1. The van der Waals surface area contributed by atoms with E-state index in [0.29, 0.717) is 30.5 Å². The molecule has 33 heavy (non-hydrogen) atoms. The van der Waals surface area contributed by atoms with Crippen LogP contribution < -0.4 is 5.32 Å². The number of amides is 1. The number of methoxy groups -OCH3 is 1. The Labute approximate surface area is 199 Å². The van der Waals surface area contributed by atoms with Crippen LogP contribution in [0.4, 0.5) is 0 Å². The third kappa shape index (κ3) is 6.12. The van der Waals surface area contributed by atoms with Crippen molar-refractivity contribution in [2.24, 2.45) is 5.92 Å². The maximum Gasteiger partial charge on any atom is 0.360 e. The van der Waals surface area contributed by atoms with Gasteiger partial charge in [0.2, 0.25) is 5.91 Å². The number of hydrogen-bond donors (Lipinski definition) is 1. The summed E-state index contributed by atoms with van der Waals surface area (Å²) in [4.78, 5) is 27.3. The highest BCUT2D eigenvalue weighted by Gasteiger charge is 2.39. The van der Waals surface area contributed by atoms with Crippen LogP contribution in [0.2, 0.25) is 5.02 Å². The van der Waals surface area contributed by atoms with Gasteiger partial charge in [0.1, 0.15) is 0 Å². The smallest absolute Gasteiger partial charge is 0.360 e. The van der Waals surface area contributed by atoms with E-state index in [1.54, 1.807) is 10.9 Å². The zero-order valence-electron chi connectivity index (χ0n) is 19.1. The normalized spacial score (nSPS) is 21.8. The second kappa shape index (κ2) is 11.1. The van der Waals surface area contributed by atoms with Crippen molar-refractivity contribution in [3.63, 3.8) is 0 Å². The van der Waals surface area contributed by atoms with Crippen molar-refractivity contribution in [1.82, 2.24) is 25.2 Å². The first-order chi connectivity index (χ1) is 16.0. The number of nitrogens with zero attached hydrogens (tertiary/aromatic N) is 4. The Morgan fingerprint density at radius 1 is 1.24 bits per heavy atom. The minimum Gasteiger partial charge on any atom is -0.464 e. The molecular weight excluding hydrogens is 442 g/mol. The lowest BCUT2D eigenvalue weighted by Gasteiger charge is -2.30. The molecule has 8 nitrogen and oxygen atoms in total. The average Bonchev–Trinajstić information content (AvgIpc) is 3.47. The molecule has 1 aliphatic heterocycles. The van der Waals surface area contributed by atoms with Crippen molar-refractivity contribution >= 4 is 23.5 Å². The predicted molar refractivity (Wildman–Crippen MR) is 125 cm³/mol. The molecule has 4 rings (SSSR count). The second-order valence-electron chi connectivity index (χ2n) is 9.11. The SMILES string of the molecule is COC(=O)c1cn([C@H]2C[C@@H](C(=O)NCCc3cccc(Cl)c3)N(CC3CCCCC3)C2)nn1. The van der Waals surface area contributed by atoms with E-state index in [0.717, 1.165) is 18.5 Å². The van der Waals surface area contributed by atoms with Crippen LogP contribution in [0.5, 0.6) is 0 Å². The summed E-state index contributed by atoms with van der Waals surface area (Å²) >= 11 is 6.07. The van der Waals surface area contributed by atoms with E-state index in [1.165, 1.54) is 39.2 Å². The highest BCUT2D eigenvalue weighted by molar-refractivity contribution is 6.30. The number of hydrogen-bond acceptors (Lipinski definition) is 6. The largest absolute Gasteiger partial charge is 0.464 e. The standard InChI is InChI=1S/C24H32ClN5O3/c1-33-24(32)21-16-30(28-27-21)20-13-22(29(15-20)14-18-6-3-2-4-7-18)23(31)26-11-10-17-8-5-9-19(25)12-17/h5,8-9,12,16,18,20,22H,2-4,6-7,10-11,13-15H2,1H3,(H,26,31)/t20-,22-/m0/s1. The van der Waals surface area contributed by atoms with Gasteiger partial charge in [0.05, 0.1) is 25.4 Å². The van der Waals surface area contributed by atoms with E-state index in [1.807, 2.05) is 24.3 Å². The highest BCUT2D eigenvalue weighted by Crippen LogP contribution is 2.31. The number of carbonyl (C=O) groups is 2. The number of likely N-dealkylation sites (tertiary alicyclic amines) is 1. The molecule has 1 saturated carbocycles. The predicted octanol–water partition coefficient (Wildman–Crippen LogP) is 3.27. The van der Waals surface area contributed by atoms with Crippen LogP contribution in [0.15, 0.2) is 30.5 Å². The Balaban J connectivity index is 1.41. The Morgan fingerprint density at radius 3 is 2.82 bits per heavy atom. The van der Waals surface area contributed by atoms with Gasteiger partial charge in [-0.2, -0.15) is 0 Å². The maximum atomic E-state index is 13.2. The number of halogens is 1. The summed E-state index contributed by atoms with van der Waals surface area (Å²) in [5.74, 6) is 0.165. The lowest BCUT2D eigenvalue weighted by molar-refractivity contribution is -0.125. The van der Waals surface area contributed by atoms with Gasteiger partial charge in [0, 0.05) is 24.7 Å². The second-order valence-corrected chi connectivity index (χ2v) is 9.55. The molecule has 0 radical (unpaired) electrons. The molecule has 2 heterocycles. The first kappa shape index (κ1) is 23.7. The molecule has 1 amide bonds. The third-order valence-electron chi connectivity index (χ3n) is 6.78. The molecule has 2 atom stereocenters. The molecule has 2 aliphatic rings. The van der Waals surface area contributed by atoms with Crippen molar-refractivity contribution in [2.75, 3.05) is 26.7 Å². The number of esters is 1. The van der Waals surface area contributed by atoms with E-state index in [2.05, 4.69) is 20.5 Å². The Morgan fingerprint density at radius 2 is 2.06 bits per heavy atom. The third-order valence-corrected chi connectivity index (χ3v) is 7.02. The van der Waals surface area contributed by atoms with Gasteiger partial charge in [-0.05, 0) is 49.3 Å². The minimum atomic E-state index is -0.506. The fraction of sp³-hybridized carbons (Fsp3) is 0.583. The zero-order valence-corrected chi connectivity index (χ0v) is 19.8. The molecule has 1 N–H and O–H groups in total. The summed E-state index contributed by atoms with van der Waals surface area (Å²) in [5.41, 5.74) is 1.29. The number of benzene rings is 1. The van der Waals surface area contributed by atoms with E-state index in [-0.39, 0.29) is 23.7 Å². The van der Waals surface area contributed by atoms with Crippen molar-refractivity contribution in [3.05, 3.63) is 46.7 Å². The molecule has 0 bridgehead atoms. The van der Waals surface area contributed by atoms with Gasteiger partial charge >= 0.3 is 5.97 Å². The molecule has 1 aromatic heterocycles. The molecule has 0 spiro atoms.